The number of benzene rings is 2. The minimum atomic E-state index is -0.764. The van der Waals surface area contributed by atoms with Crippen LogP contribution in [0, 0.1) is 0 Å². The molecule has 0 bridgehead atoms. The highest BCUT2D eigenvalue weighted by Crippen LogP contribution is 2.20. The van der Waals surface area contributed by atoms with E-state index >= 15 is 0 Å². The molecule has 152 valence electrons. The number of carbonyl (C=O) groups is 1. The highest BCUT2D eigenvalue weighted by molar-refractivity contribution is 5.46. The molecule has 0 saturated heterocycles. The third kappa shape index (κ3) is 7.43. The van der Waals surface area contributed by atoms with Gasteiger partial charge in [0.05, 0.1) is 17.7 Å². The molecule has 0 aliphatic carbocycles. The number of hydrogen-bond donors (Lipinski definition) is 2. The van der Waals surface area contributed by atoms with Crippen molar-refractivity contribution in [3.63, 3.8) is 0 Å². The van der Waals surface area contributed by atoms with Crippen molar-refractivity contribution in [2.24, 2.45) is 5.73 Å². The van der Waals surface area contributed by atoms with Gasteiger partial charge in [0.2, 0.25) is 6.41 Å². The molecule has 28 heavy (non-hydrogen) atoms. The fraction of sp³-hybridized carbons (Fsp3) is 0.435. The van der Waals surface area contributed by atoms with Crippen molar-refractivity contribution >= 4 is 6.41 Å². The number of hydrogen-bond acceptors (Lipinski definition) is 4. The van der Waals surface area contributed by atoms with E-state index in [2.05, 4.69) is 0 Å². The summed E-state index contributed by atoms with van der Waals surface area (Å²) in [5.74, 6) is 0. The zero-order chi connectivity index (χ0) is 20.6. The van der Waals surface area contributed by atoms with Crippen LogP contribution in [0.5, 0.6) is 0 Å². The summed E-state index contributed by atoms with van der Waals surface area (Å²) in [5, 5.41) is 12.1. The summed E-state index contributed by atoms with van der Waals surface area (Å²) < 4.78 is 0. The second-order valence-electron chi connectivity index (χ2n) is 8.17. The molecule has 0 aromatic heterocycles. The van der Waals surface area contributed by atoms with Gasteiger partial charge in [0, 0.05) is 6.04 Å². The number of amides is 1. The molecular formula is C23H32N2O3. The molecule has 0 unspecified atom stereocenters. The van der Waals surface area contributed by atoms with Gasteiger partial charge in [-0.05, 0) is 51.2 Å². The van der Waals surface area contributed by atoms with E-state index in [1.807, 2.05) is 81.4 Å². The zero-order valence-electron chi connectivity index (χ0n) is 17.0. The average Bonchev–Trinajstić information content (AvgIpc) is 2.66. The number of rotatable bonds is 10. The van der Waals surface area contributed by atoms with Crippen molar-refractivity contribution in [2.45, 2.75) is 63.8 Å². The Bertz CT molecular complexity index is 701. The number of aliphatic hydroxyl groups excluding tert-OH is 1. The van der Waals surface area contributed by atoms with Gasteiger partial charge in [-0.3, -0.25) is 9.63 Å². The molecular weight excluding hydrogens is 352 g/mol. The van der Waals surface area contributed by atoms with Crippen LogP contribution in [-0.2, 0) is 22.5 Å². The number of nitrogens with zero attached hydrogens (tertiary/aromatic N) is 1. The van der Waals surface area contributed by atoms with Crippen LogP contribution in [0.25, 0.3) is 0 Å². The van der Waals surface area contributed by atoms with Gasteiger partial charge in [0.25, 0.3) is 0 Å². The van der Waals surface area contributed by atoms with Crippen molar-refractivity contribution in [1.29, 1.82) is 0 Å². The Kier molecular flexibility index (Phi) is 8.18. The fourth-order valence-electron chi connectivity index (χ4n) is 3.14. The van der Waals surface area contributed by atoms with E-state index in [0.29, 0.717) is 25.7 Å². The maximum absolute atomic E-state index is 11.7. The van der Waals surface area contributed by atoms with Gasteiger partial charge in [-0.25, -0.2) is 5.06 Å². The zero-order valence-corrected chi connectivity index (χ0v) is 17.0. The second kappa shape index (κ2) is 10.4. The van der Waals surface area contributed by atoms with Crippen LogP contribution >= 0.6 is 0 Å². The molecule has 2 aromatic carbocycles. The molecule has 0 heterocycles. The Morgan fingerprint density at radius 2 is 1.50 bits per heavy atom. The molecule has 1 amide bonds. The van der Waals surface area contributed by atoms with E-state index in [1.54, 1.807) is 0 Å². The Morgan fingerprint density at radius 3 is 1.96 bits per heavy atom. The first kappa shape index (κ1) is 22.1. The monoisotopic (exact) mass is 384 g/mol. The van der Waals surface area contributed by atoms with Crippen LogP contribution in [0.3, 0.4) is 0 Å². The normalized spacial score (nSPS) is 14.9. The first-order valence-electron chi connectivity index (χ1n) is 9.73. The smallest absolute Gasteiger partial charge is 0.233 e. The lowest BCUT2D eigenvalue weighted by atomic mass is 9.94. The maximum atomic E-state index is 11.7. The lowest BCUT2D eigenvalue weighted by Crippen LogP contribution is -2.46. The number of hydroxylamine groups is 2. The van der Waals surface area contributed by atoms with Gasteiger partial charge in [0.15, 0.2) is 0 Å². The van der Waals surface area contributed by atoms with Gasteiger partial charge in [0.1, 0.15) is 0 Å². The SMILES string of the molecule is CC(C)(C)ON(C=O)[C@@H](Cc1ccccc1)C[C@H](O)[C@@H](N)Cc1ccccc1. The Labute approximate surface area is 168 Å². The molecule has 0 fully saturated rings. The molecule has 3 atom stereocenters. The van der Waals surface area contributed by atoms with Crippen LogP contribution < -0.4 is 5.73 Å². The molecule has 0 aliphatic heterocycles. The molecule has 2 rings (SSSR count). The summed E-state index contributed by atoms with van der Waals surface area (Å²) >= 11 is 0. The molecule has 5 heteroatoms. The minimum absolute atomic E-state index is 0.323. The standard InChI is InChI=1S/C23H32N2O3/c1-23(2,3)28-25(17-26)20(14-18-10-6-4-7-11-18)16-22(27)21(24)15-19-12-8-5-9-13-19/h4-13,17,20-22,27H,14-16,24H2,1-3H3/t20-,21-,22-/m0/s1. The third-order valence-electron chi connectivity index (χ3n) is 4.48. The van der Waals surface area contributed by atoms with E-state index in [1.165, 1.54) is 5.06 Å². The summed E-state index contributed by atoms with van der Waals surface area (Å²) in [4.78, 5) is 17.6. The second-order valence-corrected chi connectivity index (χ2v) is 8.17. The van der Waals surface area contributed by atoms with Crippen molar-refractivity contribution in [3.8, 4) is 0 Å². The summed E-state index contributed by atoms with van der Waals surface area (Å²) in [6.07, 6.45) is 1.40. The lowest BCUT2D eigenvalue weighted by Gasteiger charge is -2.35. The first-order valence-corrected chi connectivity index (χ1v) is 9.73. The van der Waals surface area contributed by atoms with Gasteiger partial charge in [-0.1, -0.05) is 60.7 Å². The van der Waals surface area contributed by atoms with Gasteiger partial charge < -0.3 is 10.8 Å². The molecule has 2 aromatic rings. The average molecular weight is 385 g/mol. The molecule has 0 saturated carbocycles. The van der Waals surface area contributed by atoms with E-state index in [9.17, 15) is 9.90 Å². The predicted molar refractivity (Wildman–Crippen MR) is 111 cm³/mol. The largest absolute Gasteiger partial charge is 0.391 e. The van der Waals surface area contributed by atoms with Crippen LogP contribution in [-0.4, -0.2) is 40.4 Å². The molecule has 5 nitrogen and oxygen atoms in total. The third-order valence-corrected chi connectivity index (χ3v) is 4.48. The molecule has 0 aliphatic rings. The summed E-state index contributed by atoms with van der Waals surface area (Å²) in [6, 6.07) is 19.0. The van der Waals surface area contributed by atoms with E-state index in [-0.39, 0.29) is 6.04 Å². The Hall–Kier alpha value is -2.21. The topological polar surface area (TPSA) is 75.8 Å². The van der Waals surface area contributed by atoms with Gasteiger partial charge in [-0.15, -0.1) is 0 Å². The first-order chi connectivity index (χ1) is 13.3. The van der Waals surface area contributed by atoms with E-state index in [4.69, 9.17) is 10.6 Å². The maximum Gasteiger partial charge on any atom is 0.233 e. The number of carbonyl (C=O) groups excluding carboxylic acids is 1. The molecule has 0 spiro atoms. The van der Waals surface area contributed by atoms with Crippen LogP contribution in [0.15, 0.2) is 60.7 Å². The number of nitrogens with two attached hydrogens (primary N) is 1. The highest BCUT2D eigenvalue weighted by atomic mass is 16.7. The van der Waals surface area contributed by atoms with Crippen molar-refractivity contribution < 1.29 is 14.7 Å². The van der Waals surface area contributed by atoms with Gasteiger partial charge in [-0.2, -0.15) is 0 Å². The van der Waals surface area contributed by atoms with E-state index in [0.717, 1.165) is 11.1 Å². The minimum Gasteiger partial charge on any atom is -0.391 e. The number of aliphatic hydroxyl groups is 1. The van der Waals surface area contributed by atoms with E-state index < -0.39 is 17.7 Å². The van der Waals surface area contributed by atoms with Gasteiger partial charge >= 0.3 is 0 Å². The summed E-state index contributed by atoms with van der Waals surface area (Å²) in [7, 11) is 0. The fourth-order valence-corrected chi connectivity index (χ4v) is 3.14. The van der Waals surface area contributed by atoms with Crippen LogP contribution in [0.1, 0.15) is 38.3 Å². The summed E-state index contributed by atoms with van der Waals surface area (Å²) in [5.41, 5.74) is 7.89. The molecule has 0 radical (unpaired) electrons. The Morgan fingerprint density at radius 1 is 1.00 bits per heavy atom. The van der Waals surface area contributed by atoms with Crippen molar-refractivity contribution in [3.05, 3.63) is 71.8 Å². The lowest BCUT2D eigenvalue weighted by molar-refractivity contribution is -0.235. The predicted octanol–water partition coefficient (Wildman–Crippen LogP) is 3.11. The van der Waals surface area contributed by atoms with Crippen molar-refractivity contribution in [1.82, 2.24) is 5.06 Å². The van der Waals surface area contributed by atoms with Crippen molar-refractivity contribution in [2.75, 3.05) is 0 Å². The Balaban J connectivity index is 2.11. The highest BCUT2D eigenvalue weighted by Gasteiger charge is 2.28. The molecule has 3 N–H and O–H groups in total. The van der Waals surface area contributed by atoms with Crippen LogP contribution in [0.4, 0.5) is 0 Å². The quantitative estimate of drug-likeness (QED) is 0.487. The van der Waals surface area contributed by atoms with Crippen LogP contribution in [0.2, 0.25) is 0 Å². The summed E-state index contributed by atoms with van der Waals surface area (Å²) in [6.45, 7) is 5.67.